The second kappa shape index (κ2) is 11.2. The highest BCUT2D eigenvalue weighted by molar-refractivity contribution is 5.91. The van der Waals surface area contributed by atoms with Crippen LogP contribution in [0.4, 0.5) is 9.59 Å². The molecule has 11 heteroatoms. The molecule has 2 saturated heterocycles. The van der Waals surface area contributed by atoms with Crippen molar-refractivity contribution >= 4 is 23.9 Å². The Balaban J connectivity index is 2.35. The van der Waals surface area contributed by atoms with Crippen LogP contribution >= 0.6 is 0 Å². The number of rotatable bonds is 6. The van der Waals surface area contributed by atoms with E-state index >= 15 is 0 Å². The average molecular weight is 511 g/mol. The summed E-state index contributed by atoms with van der Waals surface area (Å²) in [5, 5.41) is 11.5. The molecule has 206 valence electrons. The molecule has 0 aromatic rings. The van der Waals surface area contributed by atoms with Gasteiger partial charge in [0.25, 0.3) is 0 Å². The summed E-state index contributed by atoms with van der Waals surface area (Å²) < 4.78 is 5.81. The summed E-state index contributed by atoms with van der Waals surface area (Å²) in [6.45, 7) is 17.3. The van der Waals surface area contributed by atoms with Crippen molar-refractivity contribution in [1.29, 1.82) is 0 Å². The van der Waals surface area contributed by atoms with Crippen LogP contribution in [0.25, 0.3) is 0 Å². The van der Waals surface area contributed by atoms with Crippen molar-refractivity contribution in [2.24, 2.45) is 5.41 Å². The van der Waals surface area contributed by atoms with Crippen molar-refractivity contribution in [3.63, 3.8) is 0 Å². The number of likely N-dealkylation sites (tertiary alicyclic amines) is 2. The molecule has 2 aliphatic rings. The van der Waals surface area contributed by atoms with E-state index in [4.69, 9.17) is 4.74 Å². The third-order valence-corrected chi connectivity index (χ3v) is 6.50. The minimum atomic E-state index is -0.790. The number of carbonyl (C=O) groups excluding carboxylic acids is 4. The minimum Gasteiger partial charge on any atom is -0.442 e. The zero-order valence-corrected chi connectivity index (χ0v) is 23.5. The van der Waals surface area contributed by atoms with Crippen LogP contribution in [0.5, 0.6) is 0 Å². The molecule has 11 nitrogen and oxygen atoms in total. The van der Waals surface area contributed by atoms with Crippen LogP contribution in [0.3, 0.4) is 0 Å². The number of nitrogens with zero attached hydrogens (tertiary/aromatic N) is 2. The van der Waals surface area contributed by atoms with Gasteiger partial charge in [0.1, 0.15) is 12.1 Å². The molecule has 0 aromatic carbocycles. The van der Waals surface area contributed by atoms with E-state index < -0.39 is 41.3 Å². The fraction of sp³-hybridized carbons (Fsp3) is 0.840. The molecule has 5 unspecified atom stereocenters. The maximum absolute atomic E-state index is 13.9. The number of alkyl carbamates (subject to hydrolysis) is 1. The van der Waals surface area contributed by atoms with E-state index in [2.05, 4.69) is 21.3 Å². The highest BCUT2D eigenvalue weighted by Gasteiger charge is 2.55. The molecule has 0 bridgehead atoms. The molecule has 0 aliphatic carbocycles. The second-order valence-corrected chi connectivity index (χ2v) is 12.3. The highest BCUT2D eigenvalue weighted by Crippen LogP contribution is 2.35. The first-order valence-electron chi connectivity index (χ1n) is 12.8. The molecular weight excluding hydrogens is 464 g/mol. The minimum absolute atomic E-state index is 0.0612. The zero-order valence-electron chi connectivity index (χ0n) is 23.5. The van der Waals surface area contributed by atoms with E-state index in [-0.39, 0.29) is 36.5 Å². The summed E-state index contributed by atoms with van der Waals surface area (Å²) in [4.78, 5) is 55.6. The number of nitrogens with one attached hydrogen (secondary N) is 4. The van der Waals surface area contributed by atoms with Crippen LogP contribution in [0.1, 0.15) is 68.7 Å². The number of carbonyl (C=O) groups is 4. The Kier molecular flexibility index (Phi) is 9.25. The van der Waals surface area contributed by atoms with Gasteiger partial charge < -0.3 is 35.8 Å². The Labute approximate surface area is 215 Å². The Hall–Kier alpha value is -2.56. The molecule has 0 spiro atoms. The van der Waals surface area contributed by atoms with Crippen molar-refractivity contribution in [3.05, 3.63) is 0 Å². The van der Waals surface area contributed by atoms with Gasteiger partial charge in [-0.3, -0.25) is 9.59 Å². The van der Waals surface area contributed by atoms with Gasteiger partial charge in [-0.25, -0.2) is 9.59 Å². The van der Waals surface area contributed by atoms with Gasteiger partial charge in [0.05, 0.1) is 24.7 Å². The molecule has 0 radical (unpaired) electrons. The fourth-order valence-corrected chi connectivity index (χ4v) is 4.64. The van der Waals surface area contributed by atoms with Gasteiger partial charge >= 0.3 is 12.1 Å². The van der Waals surface area contributed by atoms with Crippen LogP contribution in [0.2, 0.25) is 0 Å². The largest absolute Gasteiger partial charge is 0.442 e. The first-order chi connectivity index (χ1) is 16.5. The number of amides is 5. The van der Waals surface area contributed by atoms with Gasteiger partial charge in [-0.05, 0) is 60.4 Å². The number of urea groups is 1. The fourth-order valence-electron chi connectivity index (χ4n) is 4.64. The van der Waals surface area contributed by atoms with E-state index in [9.17, 15) is 19.2 Å². The van der Waals surface area contributed by atoms with Crippen molar-refractivity contribution in [2.45, 2.75) is 111 Å². The number of likely N-dealkylation sites (N-methyl/N-ethyl adjacent to an activating group) is 1. The lowest BCUT2D eigenvalue weighted by atomic mass is 9.85. The van der Waals surface area contributed by atoms with Crippen LogP contribution < -0.4 is 21.3 Å². The predicted octanol–water partition coefficient (Wildman–Crippen LogP) is 1.42. The molecule has 5 atom stereocenters. The smallest absolute Gasteiger partial charge is 0.407 e. The lowest BCUT2D eigenvalue weighted by molar-refractivity contribution is -0.141. The normalized spacial score (nSPS) is 23.7. The van der Waals surface area contributed by atoms with E-state index in [1.807, 2.05) is 55.4 Å². The molecule has 2 heterocycles. The summed E-state index contributed by atoms with van der Waals surface area (Å²) in [6, 6.07) is -2.37. The van der Waals surface area contributed by atoms with Crippen LogP contribution in [0.15, 0.2) is 0 Å². The first-order valence-corrected chi connectivity index (χ1v) is 12.8. The van der Waals surface area contributed by atoms with E-state index in [1.165, 1.54) is 0 Å². The third-order valence-electron chi connectivity index (χ3n) is 6.50. The van der Waals surface area contributed by atoms with E-state index in [1.54, 1.807) is 23.8 Å². The zero-order chi connectivity index (χ0) is 27.6. The maximum atomic E-state index is 13.9. The van der Waals surface area contributed by atoms with Crippen LogP contribution in [-0.4, -0.2) is 95.7 Å². The maximum Gasteiger partial charge on any atom is 0.407 e. The summed E-state index contributed by atoms with van der Waals surface area (Å²) in [6.07, 6.45) is -0.741. The number of fused-ring (bicyclic) bond motifs is 1. The lowest BCUT2D eigenvalue weighted by Crippen LogP contribution is -2.60. The Morgan fingerprint density at radius 2 is 1.56 bits per heavy atom. The lowest BCUT2D eigenvalue weighted by Gasteiger charge is -2.37. The highest BCUT2D eigenvalue weighted by atomic mass is 16.6. The SMILES string of the molecule is CNC(C)C(=O)NC(C(=O)N1CCC2C1C(OC(=O)NC(C)(C)C)CN2C(=O)NC(C)C)C(C)(C)C. The Morgan fingerprint density at radius 3 is 2.06 bits per heavy atom. The molecule has 36 heavy (non-hydrogen) atoms. The molecule has 2 rings (SSSR count). The molecule has 4 N–H and O–H groups in total. The van der Waals surface area contributed by atoms with Crippen molar-refractivity contribution in [1.82, 2.24) is 31.1 Å². The molecular formula is C25H46N6O5. The van der Waals surface area contributed by atoms with Gasteiger partial charge in [0.2, 0.25) is 11.8 Å². The van der Waals surface area contributed by atoms with Gasteiger partial charge in [-0.15, -0.1) is 0 Å². The number of hydrogen-bond donors (Lipinski definition) is 4. The van der Waals surface area contributed by atoms with Gasteiger partial charge in [-0.1, -0.05) is 20.8 Å². The van der Waals surface area contributed by atoms with Crippen molar-refractivity contribution in [2.75, 3.05) is 20.1 Å². The second-order valence-electron chi connectivity index (χ2n) is 12.3. The topological polar surface area (TPSA) is 132 Å². The van der Waals surface area contributed by atoms with Gasteiger partial charge in [0.15, 0.2) is 0 Å². The van der Waals surface area contributed by atoms with Crippen molar-refractivity contribution < 1.29 is 23.9 Å². The molecule has 0 aromatic heterocycles. The molecule has 0 saturated carbocycles. The Morgan fingerprint density at radius 1 is 0.944 bits per heavy atom. The summed E-state index contributed by atoms with van der Waals surface area (Å²) in [7, 11) is 1.68. The van der Waals surface area contributed by atoms with Crippen LogP contribution in [-0.2, 0) is 14.3 Å². The summed E-state index contributed by atoms with van der Waals surface area (Å²) in [5.41, 5.74) is -1.06. The number of ether oxygens (including phenoxy) is 1. The molecule has 5 amide bonds. The van der Waals surface area contributed by atoms with Gasteiger partial charge in [0, 0.05) is 18.1 Å². The predicted molar refractivity (Wildman–Crippen MR) is 137 cm³/mol. The standard InChI is InChI=1S/C25H46N6O5/c1-14(2)27-22(34)31-13-17(36-23(35)29-25(7,8)9)18-16(31)11-12-30(18)21(33)19(24(4,5)6)28-20(32)15(3)26-10/h14-19,26H,11-13H2,1-10H3,(H,27,34)(H,28,32)(H,29,35). The monoisotopic (exact) mass is 510 g/mol. The summed E-state index contributed by atoms with van der Waals surface area (Å²) >= 11 is 0. The van der Waals surface area contributed by atoms with Gasteiger partial charge in [-0.2, -0.15) is 0 Å². The summed E-state index contributed by atoms with van der Waals surface area (Å²) in [5.74, 6) is -0.522. The molecule has 2 fully saturated rings. The molecule has 2 aliphatic heterocycles. The van der Waals surface area contributed by atoms with Crippen LogP contribution in [0, 0.1) is 5.41 Å². The first kappa shape index (κ1) is 29.7. The Bertz CT molecular complexity index is 834. The van der Waals surface area contributed by atoms with E-state index in [0.717, 1.165) is 0 Å². The van der Waals surface area contributed by atoms with E-state index in [0.29, 0.717) is 13.0 Å². The third kappa shape index (κ3) is 7.24. The average Bonchev–Trinajstić information content (AvgIpc) is 3.29. The van der Waals surface area contributed by atoms with Crippen molar-refractivity contribution in [3.8, 4) is 0 Å². The number of hydrogen-bond acceptors (Lipinski definition) is 6. The quantitative estimate of drug-likeness (QED) is 0.427.